The molecular formula is C22H19ClN2O3. The molecule has 1 atom stereocenters. The van der Waals surface area contributed by atoms with Crippen molar-refractivity contribution in [2.45, 2.75) is 6.42 Å². The van der Waals surface area contributed by atoms with Gasteiger partial charge in [-0.05, 0) is 29.7 Å². The van der Waals surface area contributed by atoms with Crippen LogP contribution in [0.5, 0.6) is 5.75 Å². The highest BCUT2D eigenvalue weighted by molar-refractivity contribution is 6.31. The van der Waals surface area contributed by atoms with Crippen LogP contribution >= 0.6 is 11.6 Å². The maximum Gasteiger partial charge on any atom is 0.229 e. The predicted octanol–water partition coefficient (Wildman–Crippen LogP) is 4.49. The number of carbonyl (C=O) groups excluding carboxylic acids is 2. The quantitative estimate of drug-likeness (QED) is 0.709. The predicted molar refractivity (Wildman–Crippen MR) is 111 cm³/mol. The van der Waals surface area contributed by atoms with E-state index < -0.39 is 5.92 Å². The van der Waals surface area contributed by atoms with Gasteiger partial charge in [-0.15, -0.1) is 0 Å². The number of methoxy groups -OCH3 is 1. The molecule has 0 spiro atoms. The van der Waals surface area contributed by atoms with Crippen molar-refractivity contribution < 1.29 is 14.3 Å². The number of hydrogen-bond donors (Lipinski definition) is 1. The molecule has 0 saturated carbocycles. The zero-order valence-electron chi connectivity index (χ0n) is 15.3. The molecule has 28 heavy (non-hydrogen) atoms. The monoisotopic (exact) mass is 394 g/mol. The molecule has 0 aromatic heterocycles. The summed E-state index contributed by atoms with van der Waals surface area (Å²) in [5.74, 6) is -0.199. The van der Waals surface area contributed by atoms with Gasteiger partial charge < -0.3 is 15.0 Å². The Kier molecular flexibility index (Phi) is 4.92. The number of benzene rings is 3. The van der Waals surface area contributed by atoms with E-state index in [1.807, 2.05) is 42.5 Å². The van der Waals surface area contributed by atoms with Crippen LogP contribution in [0.15, 0.2) is 60.7 Å². The number of rotatable bonds is 4. The van der Waals surface area contributed by atoms with E-state index in [1.54, 1.807) is 23.1 Å². The Balaban J connectivity index is 1.56. The van der Waals surface area contributed by atoms with Crippen LogP contribution in [-0.4, -0.2) is 25.5 Å². The minimum atomic E-state index is -0.449. The molecule has 0 aliphatic carbocycles. The van der Waals surface area contributed by atoms with Crippen LogP contribution in [0.2, 0.25) is 5.02 Å². The third-order valence-electron chi connectivity index (χ3n) is 4.98. The second-order valence-corrected chi connectivity index (χ2v) is 7.17. The van der Waals surface area contributed by atoms with E-state index in [4.69, 9.17) is 16.3 Å². The molecule has 1 fully saturated rings. The van der Waals surface area contributed by atoms with Crippen LogP contribution in [0.1, 0.15) is 6.42 Å². The first-order valence-electron chi connectivity index (χ1n) is 8.99. The topological polar surface area (TPSA) is 58.6 Å². The number of nitrogens with zero attached hydrogens (tertiary/aromatic N) is 1. The van der Waals surface area contributed by atoms with Gasteiger partial charge in [0.25, 0.3) is 0 Å². The second-order valence-electron chi connectivity index (χ2n) is 6.74. The fourth-order valence-electron chi connectivity index (χ4n) is 3.56. The first-order chi connectivity index (χ1) is 13.6. The molecule has 2 amide bonds. The van der Waals surface area contributed by atoms with E-state index in [9.17, 15) is 9.59 Å². The molecule has 1 heterocycles. The van der Waals surface area contributed by atoms with Gasteiger partial charge in [0.2, 0.25) is 11.8 Å². The van der Waals surface area contributed by atoms with Crippen molar-refractivity contribution in [3.05, 3.63) is 65.7 Å². The molecule has 1 aliphatic heterocycles. The van der Waals surface area contributed by atoms with Gasteiger partial charge >= 0.3 is 0 Å². The van der Waals surface area contributed by atoms with Crippen LogP contribution in [-0.2, 0) is 9.59 Å². The highest BCUT2D eigenvalue weighted by Gasteiger charge is 2.36. The Morgan fingerprint density at radius 3 is 2.75 bits per heavy atom. The Morgan fingerprint density at radius 2 is 1.93 bits per heavy atom. The summed E-state index contributed by atoms with van der Waals surface area (Å²) in [4.78, 5) is 27.0. The number of carbonyl (C=O) groups is 2. The van der Waals surface area contributed by atoms with Gasteiger partial charge in [0.05, 0.1) is 18.7 Å². The lowest BCUT2D eigenvalue weighted by molar-refractivity contribution is -0.122. The number of anilines is 2. The Morgan fingerprint density at radius 1 is 1.14 bits per heavy atom. The highest BCUT2D eigenvalue weighted by Crippen LogP contribution is 2.35. The van der Waals surface area contributed by atoms with Crippen molar-refractivity contribution in [1.29, 1.82) is 0 Å². The van der Waals surface area contributed by atoms with Gasteiger partial charge in [-0.25, -0.2) is 0 Å². The average molecular weight is 395 g/mol. The summed E-state index contributed by atoms with van der Waals surface area (Å²) in [6.45, 7) is 0.284. The fourth-order valence-corrected chi connectivity index (χ4v) is 3.73. The number of halogens is 1. The molecule has 142 valence electrons. The Bertz CT molecular complexity index is 1060. The maximum atomic E-state index is 12.9. The van der Waals surface area contributed by atoms with E-state index >= 15 is 0 Å². The fraction of sp³-hybridized carbons (Fsp3) is 0.182. The molecule has 3 aromatic carbocycles. The van der Waals surface area contributed by atoms with Crippen LogP contribution in [0.4, 0.5) is 11.4 Å². The van der Waals surface area contributed by atoms with E-state index in [2.05, 4.69) is 5.32 Å². The number of hydrogen-bond acceptors (Lipinski definition) is 3. The highest BCUT2D eigenvalue weighted by atomic mass is 35.5. The molecule has 0 radical (unpaired) electrons. The lowest BCUT2D eigenvalue weighted by Gasteiger charge is -2.20. The zero-order valence-corrected chi connectivity index (χ0v) is 16.1. The summed E-state index contributed by atoms with van der Waals surface area (Å²) in [7, 11) is 1.54. The summed E-state index contributed by atoms with van der Waals surface area (Å²) < 4.78 is 5.35. The van der Waals surface area contributed by atoms with Crippen LogP contribution in [0.25, 0.3) is 10.8 Å². The molecule has 1 N–H and O–H groups in total. The van der Waals surface area contributed by atoms with Gasteiger partial charge in [0.1, 0.15) is 5.75 Å². The standard InChI is InChI=1S/C22H19ClN2O3/c1-28-20-10-9-16(23)12-19(20)25-13-15(11-21(25)26)22(27)24-18-8-4-6-14-5-2-3-7-17(14)18/h2-10,12,15H,11,13H2,1H3,(H,24,27)/t15-/m0/s1. The number of nitrogens with one attached hydrogen (secondary N) is 1. The van der Waals surface area contributed by atoms with Gasteiger partial charge in [0.15, 0.2) is 0 Å². The first kappa shape index (κ1) is 18.3. The molecule has 0 bridgehead atoms. The van der Waals surface area contributed by atoms with Crippen molar-refractivity contribution in [3.8, 4) is 5.75 Å². The maximum absolute atomic E-state index is 12.9. The van der Waals surface area contributed by atoms with E-state index in [-0.39, 0.29) is 24.8 Å². The smallest absolute Gasteiger partial charge is 0.229 e. The van der Waals surface area contributed by atoms with Crippen molar-refractivity contribution in [1.82, 2.24) is 0 Å². The van der Waals surface area contributed by atoms with Gasteiger partial charge in [-0.3, -0.25) is 9.59 Å². The normalized spacial score (nSPS) is 16.4. The molecule has 3 aromatic rings. The number of amides is 2. The van der Waals surface area contributed by atoms with E-state index in [1.165, 1.54) is 7.11 Å². The second kappa shape index (κ2) is 7.52. The number of ether oxygens (including phenoxy) is 1. The van der Waals surface area contributed by atoms with Crippen molar-refractivity contribution in [3.63, 3.8) is 0 Å². The van der Waals surface area contributed by atoms with Crippen molar-refractivity contribution in [2.24, 2.45) is 5.92 Å². The van der Waals surface area contributed by atoms with Crippen molar-refractivity contribution in [2.75, 3.05) is 23.9 Å². The average Bonchev–Trinajstić information content (AvgIpc) is 3.10. The lowest BCUT2D eigenvalue weighted by atomic mass is 10.1. The zero-order chi connectivity index (χ0) is 19.7. The van der Waals surface area contributed by atoms with E-state index in [0.29, 0.717) is 16.5 Å². The summed E-state index contributed by atoms with van der Waals surface area (Å²) >= 11 is 6.09. The SMILES string of the molecule is COc1ccc(Cl)cc1N1C[C@@H](C(=O)Nc2cccc3ccccc23)CC1=O. The first-order valence-corrected chi connectivity index (χ1v) is 9.37. The summed E-state index contributed by atoms with van der Waals surface area (Å²) in [6, 6.07) is 18.7. The third-order valence-corrected chi connectivity index (χ3v) is 5.21. The van der Waals surface area contributed by atoms with Gasteiger partial charge in [-0.1, -0.05) is 48.0 Å². The van der Waals surface area contributed by atoms with Gasteiger partial charge in [-0.2, -0.15) is 0 Å². The van der Waals surface area contributed by atoms with Crippen LogP contribution < -0.4 is 15.0 Å². The Hall–Kier alpha value is -3.05. The molecule has 1 saturated heterocycles. The van der Waals surface area contributed by atoms with Crippen molar-refractivity contribution >= 4 is 45.6 Å². The molecule has 1 aliphatic rings. The summed E-state index contributed by atoms with van der Waals surface area (Å²) in [5.41, 5.74) is 1.33. The molecule has 0 unspecified atom stereocenters. The third kappa shape index (κ3) is 3.41. The molecule has 5 nitrogen and oxygen atoms in total. The largest absolute Gasteiger partial charge is 0.495 e. The van der Waals surface area contributed by atoms with Crippen LogP contribution in [0.3, 0.4) is 0 Å². The molecule has 6 heteroatoms. The lowest BCUT2D eigenvalue weighted by Crippen LogP contribution is -2.28. The number of fused-ring (bicyclic) bond motifs is 1. The van der Waals surface area contributed by atoms with E-state index in [0.717, 1.165) is 16.5 Å². The molecular weight excluding hydrogens is 376 g/mol. The molecule has 4 rings (SSSR count). The minimum absolute atomic E-state index is 0.126. The minimum Gasteiger partial charge on any atom is -0.495 e. The summed E-state index contributed by atoms with van der Waals surface area (Å²) in [6.07, 6.45) is 0.145. The van der Waals surface area contributed by atoms with Gasteiger partial charge in [0, 0.05) is 29.1 Å². The summed E-state index contributed by atoms with van der Waals surface area (Å²) in [5, 5.41) is 5.51. The Labute approximate surface area is 167 Å². The van der Waals surface area contributed by atoms with Crippen LogP contribution in [0, 0.1) is 5.92 Å².